The number of primary amides is 1. The molecule has 6 N–H and O–H groups in total. The van der Waals surface area contributed by atoms with Crippen molar-refractivity contribution in [3.63, 3.8) is 0 Å². The molecule has 2 bridgehead atoms. The highest BCUT2D eigenvalue weighted by Crippen LogP contribution is 2.48. The molecular weight excluding hydrogens is 250 g/mol. The highest BCUT2D eigenvalue weighted by Gasteiger charge is 2.51. The van der Waals surface area contributed by atoms with E-state index in [1.165, 1.54) is 0 Å². The van der Waals surface area contributed by atoms with Gasteiger partial charge < -0.3 is 21.9 Å². The standard InChI is InChI=1S/C12H19N3O4/c13-7(4-8(14)16)11(17)15-10-6-2-1-5(3-6)9(10)12(18)19/h5-7,9-10H,1-4,13H2,(H2,14,16)(H,15,17)(H,18,19). The Hall–Kier alpha value is -1.63. The molecule has 2 amide bonds. The Balaban J connectivity index is 1.99. The molecule has 0 aromatic rings. The summed E-state index contributed by atoms with van der Waals surface area (Å²) < 4.78 is 0. The quantitative estimate of drug-likeness (QED) is 0.497. The van der Waals surface area contributed by atoms with E-state index >= 15 is 0 Å². The maximum atomic E-state index is 11.8. The van der Waals surface area contributed by atoms with Crippen LogP contribution in [0.15, 0.2) is 0 Å². The lowest BCUT2D eigenvalue weighted by Crippen LogP contribution is -2.52. The van der Waals surface area contributed by atoms with Crippen LogP contribution in [0.1, 0.15) is 25.7 Å². The average molecular weight is 269 g/mol. The van der Waals surface area contributed by atoms with E-state index in [1.807, 2.05) is 0 Å². The number of hydrogen-bond acceptors (Lipinski definition) is 4. The Bertz CT molecular complexity index is 412. The van der Waals surface area contributed by atoms with Crippen LogP contribution < -0.4 is 16.8 Å². The fourth-order valence-corrected chi connectivity index (χ4v) is 3.44. The van der Waals surface area contributed by atoms with E-state index < -0.39 is 29.7 Å². The van der Waals surface area contributed by atoms with Crippen LogP contribution >= 0.6 is 0 Å². The molecule has 5 atom stereocenters. The summed E-state index contributed by atoms with van der Waals surface area (Å²) in [4.78, 5) is 33.8. The summed E-state index contributed by atoms with van der Waals surface area (Å²) >= 11 is 0. The third-order valence-electron chi connectivity index (χ3n) is 4.27. The zero-order valence-electron chi connectivity index (χ0n) is 10.5. The van der Waals surface area contributed by atoms with E-state index in [9.17, 15) is 19.5 Å². The molecule has 0 aromatic heterocycles. The van der Waals surface area contributed by atoms with Crippen LogP contribution in [0.5, 0.6) is 0 Å². The lowest BCUT2D eigenvalue weighted by molar-refractivity contribution is -0.145. The van der Waals surface area contributed by atoms with Crippen molar-refractivity contribution < 1.29 is 19.5 Å². The number of carbonyl (C=O) groups excluding carboxylic acids is 2. The minimum absolute atomic E-state index is 0.139. The monoisotopic (exact) mass is 269 g/mol. The number of carboxylic acid groups (broad SMARTS) is 1. The number of amides is 2. The first-order valence-electron chi connectivity index (χ1n) is 6.47. The van der Waals surface area contributed by atoms with Crippen molar-refractivity contribution in [2.45, 2.75) is 37.8 Å². The number of fused-ring (bicyclic) bond motifs is 2. The molecule has 106 valence electrons. The van der Waals surface area contributed by atoms with Gasteiger partial charge in [0.15, 0.2) is 0 Å². The van der Waals surface area contributed by atoms with Gasteiger partial charge in [0.1, 0.15) is 0 Å². The normalized spacial score (nSPS) is 33.9. The average Bonchev–Trinajstić information content (AvgIpc) is 2.87. The highest BCUT2D eigenvalue weighted by molar-refractivity contribution is 5.88. The van der Waals surface area contributed by atoms with Crippen LogP contribution in [0.25, 0.3) is 0 Å². The number of aliphatic carboxylic acids is 1. The summed E-state index contributed by atoms with van der Waals surface area (Å²) in [6.07, 6.45) is 2.45. The number of hydrogen-bond donors (Lipinski definition) is 4. The molecule has 0 saturated heterocycles. The van der Waals surface area contributed by atoms with Gasteiger partial charge in [0, 0.05) is 6.04 Å². The van der Waals surface area contributed by atoms with Crippen LogP contribution in [0, 0.1) is 17.8 Å². The molecule has 0 aromatic carbocycles. The Labute approximate surface area is 110 Å². The van der Waals surface area contributed by atoms with E-state index in [-0.39, 0.29) is 24.3 Å². The molecule has 2 aliphatic carbocycles. The van der Waals surface area contributed by atoms with E-state index in [4.69, 9.17) is 11.5 Å². The summed E-state index contributed by atoms with van der Waals surface area (Å²) in [6.45, 7) is 0. The van der Waals surface area contributed by atoms with Crippen molar-refractivity contribution in [3.05, 3.63) is 0 Å². The number of nitrogens with two attached hydrogens (primary N) is 2. The summed E-state index contributed by atoms with van der Waals surface area (Å²) in [5.74, 6) is -2.21. The van der Waals surface area contributed by atoms with Crippen LogP contribution in [0.3, 0.4) is 0 Å². The summed E-state index contributed by atoms with van der Waals surface area (Å²) in [5, 5.41) is 11.9. The smallest absolute Gasteiger partial charge is 0.308 e. The third kappa shape index (κ3) is 2.70. The van der Waals surface area contributed by atoms with Crippen molar-refractivity contribution in [2.24, 2.45) is 29.2 Å². The van der Waals surface area contributed by atoms with Gasteiger partial charge in [0.2, 0.25) is 11.8 Å². The molecule has 0 heterocycles. The fourth-order valence-electron chi connectivity index (χ4n) is 3.44. The van der Waals surface area contributed by atoms with E-state index in [0.29, 0.717) is 0 Å². The molecule has 7 nitrogen and oxygen atoms in total. The van der Waals surface area contributed by atoms with Gasteiger partial charge in [0.05, 0.1) is 18.4 Å². The molecule has 0 spiro atoms. The first-order chi connectivity index (χ1) is 8.90. The molecule has 7 heteroatoms. The van der Waals surface area contributed by atoms with Gasteiger partial charge in [-0.15, -0.1) is 0 Å². The van der Waals surface area contributed by atoms with Crippen molar-refractivity contribution in [3.8, 4) is 0 Å². The molecule has 2 aliphatic rings. The van der Waals surface area contributed by atoms with Crippen LogP contribution in [0.4, 0.5) is 0 Å². The zero-order valence-corrected chi connectivity index (χ0v) is 10.5. The summed E-state index contributed by atoms with van der Waals surface area (Å²) in [6, 6.07) is -1.38. The maximum absolute atomic E-state index is 11.8. The van der Waals surface area contributed by atoms with Crippen molar-refractivity contribution >= 4 is 17.8 Å². The molecule has 19 heavy (non-hydrogen) atoms. The first-order valence-corrected chi connectivity index (χ1v) is 6.47. The van der Waals surface area contributed by atoms with Crippen molar-refractivity contribution in [1.82, 2.24) is 5.32 Å². The fraction of sp³-hybridized carbons (Fsp3) is 0.750. The van der Waals surface area contributed by atoms with E-state index in [0.717, 1.165) is 19.3 Å². The molecule has 5 unspecified atom stereocenters. The predicted octanol–water partition coefficient (Wildman–Crippen LogP) is -1.20. The van der Waals surface area contributed by atoms with Gasteiger partial charge in [0.25, 0.3) is 0 Å². The molecular formula is C12H19N3O4. The molecule has 2 rings (SSSR count). The van der Waals surface area contributed by atoms with Gasteiger partial charge >= 0.3 is 5.97 Å². The summed E-state index contributed by atoms with van der Waals surface area (Å²) in [7, 11) is 0. The lowest BCUT2D eigenvalue weighted by atomic mass is 9.84. The number of nitrogens with one attached hydrogen (secondary N) is 1. The van der Waals surface area contributed by atoms with Crippen LogP contribution in [0.2, 0.25) is 0 Å². The molecule has 2 saturated carbocycles. The van der Waals surface area contributed by atoms with E-state index in [2.05, 4.69) is 5.32 Å². The maximum Gasteiger partial charge on any atom is 0.308 e. The number of carbonyl (C=O) groups is 3. The third-order valence-corrected chi connectivity index (χ3v) is 4.27. The van der Waals surface area contributed by atoms with Crippen LogP contribution in [-0.4, -0.2) is 35.0 Å². The van der Waals surface area contributed by atoms with Gasteiger partial charge in [-0.3, -0.25) is 14.4 Å². The number of rotatable bonds is 5. The Morgan fingerprint density at radius 2 is 1.89 bits per heavy atom. The van der Waals surface area contributed by atoms with Gasteiger partial charge in [-0.2, -0.15) is 0 Å². The Morgan fingerprint density at radius 1 is 1.26 bits per heavy atom. The topological polar surface area (TPSA) is 136 Å². The second-order valence-corrected chi connectivity index (χ2v) is 5.51. The SMILES string of the molecule is NC(=O)CC(N)C(=O)NC1C2CCC(C2)C1C(=O)O. The van der Waals surface area contributed by atoms with E-state index in [1.54, 1.807) is 0 Å². The minimum atomic E-state index is -1.01. The molecule has 2 fully saturated rings. The number of carboxylic acids is 1. The molecule has 0 radical (unpaired) electrons. The summed E-state index contributed by atoms with van der Waals surface area (Å²) in [5.41, 5.74) is 10.5. The van der Waals surface area contributed by atoms with Crippen molar-refractivity contribution in [1.29, 1.82) is 0 Å². The highest BCUT2D eigenvalue weighted by atomic mass is 16.4. The van der Waals surface area contributed by atoms with Gasteiger partial charge in [-0.05, 0) is 31.1 Å². The molecule has 0 aliphatic heterocycles. The van der Waals surface area contributed by atoms with Crippen molar-refractivity contribution in [2.75, 3.05) is 0 Å². The first kappa shape index (κ1) is 13.8. The van der Waals surface area contributed by atoms with Gasteiger partial charge in [-0.1, -0.05) is 0 Å². The zero-order chi connectivity index (χ0) is 14.2. The minimum Gasteiger partial charge on any atom is -0.481 e. The van der Waals surface area contributed by atoms with Gasteiger partial charge in [-0.25, -0.2) is 0 Å². The van der Waals surface area contributed by atoms with Crippen LogP contribution in [-0.2, 0) is 14.4 Å². The second-order valence-electron chi connectivity index (χ2n) is 5.51. The Morgan fingerprint density at radius 3 is 2.47 bits per heavy atom. The second kappa shape index (κ2) is 5.16. The predicted molar refractivity (Wildman–Crippen MR) is 65.7 cm³/mol. The Kier molecular flexibility index (Phi) is 3.75. The largest absolute Gasteiger partial charge is 0.481 e. The lowest BCUT2D eigenvalue weighted by Gasteiger charge is -2.29.